The summed E-state index contributed by atoms with van der Waals surface area (Å²) in [6.07, 6.45) is 1.41. The fourth-order valence-electron chi connectivity index (χ4n) is 3.85. The first-order chi connectivity index (χ1) is 16.0. The van der Waals surface area contributed by atoms with E-state index in [0.29, 0.717) is 19.2 Å². The van der Waals surface area contributed by atoms with Gasteiger partial charge < -0.3 is 20.1 Å². The number of nitrogens with one attached hydrogen (secondary N) is 1. The molecule has 0 atom stereocenters. The Hall–Kier alpha value is -3.08. The highest BCUT2D eigenvalue weighted by molar-refractivity contribution is 5.64. The quantitative estimate of drug-likeness (QED) is 0.478. The van der Waals surface area contributed by atoms with Crippen LogP contribution >= 0.6 is 0 Å². The first-order valence-corrected chi connectivity index (χ1v) is 10.9. The maximum atomic E-state index is 13.5. The molecule has 2 heterocycles. The van der Waals surface area contributed by atoms with Crippen LogP contribution in [-0.2, 0) is 4.74 Å². The summed E-state index contributed by atoms with van der Waals surface area (Å²) in [6, 6.07) is 9.41. The number of piperazine rings is 1. The molecule has 8 nitrogen and oxygen atoms in total. The van der Waals surface area contributed by atoms with Gasteiger partial charge in [-0.15, -0.1) is 5.10 Å². The predicted molar refractivity (Wildman–Crippen MR) is 122 cm³/mol. The van der Waals surface area contributed by atoms with Crippen LogP contribution in [0.4, 0.5) is 26.1 Å². The lowest BCUT2D eigenvalue weighted by Gasteiger charge is -2.36. The molecule has 1 aromatic heterocycles. The van der Waals surface area contributed by atoms with Crippen molar-refractivity contribution in [1.82, 2.24) is 19.7 Å². The molecule has 1 aliphatic rings. The van der Waals surface area contributed by atoms with E-state index in [1.165, 1.54) is 23.1 Å². The average molecular weight is 459 g/mol. The number of nitrogens with zero attached hydrogens (tertiary/aromatic N) is 5. The smallest absolute Gasteiger partial charge is 0.246 e. The number of aliphatic hydroxyl groups is 1. The fourth-order valence-corrected chi connectivity index (χ4v) is 3.85. The van der Waals surface area contributed by atoms with Crippen LogP contribution in [0.1, 0.15) is 5.56 Å². The Bertz CT molecular complexity index is 1050. The molecule has 2 N–H and O–H groups in total. The monoisotopic (exact) mass is 458 g/mol. The van der Waals surface area contributed by atoms with Crippen LogP contribution in [0.5, 0.6) is 0 Å². The zero-order chi connectivity index (χ0) is 23.2. The number of hydrogen-bond acceptors (Lipinski definition) is 7. The summed E-state index contributed by atoms with van der Waals surface area (Å²) in [4.78, 5) is 8.91. The molecular formula is C23H28F2N6O2. The molecule has 0 saturated carbocycles. The van der Waals surface area contributed by atoms with E-state index in [4.69, 9.17) is 9.84 Å². The zero-order valence-corrected chi connectivity index (χ0v) is 18.5. The third kappa shape index (κ3) is 6.25. The van der Waals surface area contributed by atoms with Gasteiger partial charge in [0.15, 0.2) is 0 Å². The first kappa shape index (κ1) is 23.1. The lowest BCUT2D eigenvalue weighted by Crippen LogP contribution is -2.47. The van der Waals surface area contributed by atoms with E-state index < -0.39 is 11.6 Å². The number of hydrogen-bond donors (Lipinski definition) is 2. The van der Waals surface area contributed by atoms with Gasteiger partial charge in [-0.25, -0.2) is 13.5 Å². The summed E-state index contributed by atoms with van der Waals surface area (Å²) in [5.74, 6) is -1.00. The third-order valence-corrected chi connectivity index (χ3v) is 5.45. The SMILES string of the molecule is Cc1cc(Nc2ncn(-c3cc(F)cc(F)c3)n2)cc(N2CCN(CCOCCO)CC2)c1. The van der Waals surface area contributed by atoms with Gasteiger partial charge in [-0.05, 0) is 42.8 Å². The van der Waals surface area contributed by atoms with Gasteiger partial charge in [0.05, 0.1) is 25.5 Å². The van der Waals surface area contributed by atoms with Gasteiger partial charge in [0.25, 0.3) is 0 Å². The molecule has 0 bridgehead atoms. The number of benzene rings is 2. The van der Waals surface area contributed by atoms with E-state index in [1.54, 1.807) is 0 Å². The average Bonchev–Trinajstić information content (AvgIpc) is 3.25. The van der Waals surface area contributed by atoms with Crippen LogP contribution in [0.15, 0.2) is 42.7 Å². The molecule has 1 aliphatic heterocycles. The number of aryl methyl sites for hydroxylation is 1. The molecule has 0 unspecified atom stereocenters. The minimum absolute atomic E-state index is 0.0522. The Morgan fingerprint density at radius 1 is 0.970 bits per heavy atom. The Morgan fingerprint density at radius 2 is 1.73 bits per heavy atom. The molecule has 1 saturated heterocycles. The van der Waals surface area contributed by atoms with E-state index in [2.05, 4.69) is 37.3 Å². The van der Waals surface area contributed by atoms with E-state index in [-0.39, 0.29) is 12.3 Å². The summed E-state index contributed by atoms with van der Waals surface area (Å²) in [7, 11) is 0. The second kappa shape index (κ2) is 10.7. The van der Waals surface area contributed by atoms with Gasteiger partial charge in [0.2, 0.25) is 5.95 Å². The summed E-state index contributed by atoms with van der Waals surface area (Å²) >= 11 is 0. The second-order valence-electron chi connectivity index (χ2n) is 7.99. The van der Waals surface area contributed by atoms with Crippen molar-refractivity contribution in [3.8, 4) is 5.69 Å². The van der Waals surface area contributed by atoms with Gasteiger partial charge in [0, 0.05) is 50.2 Å². The maximum absolute atomic E-state index is 13.5. The van der Waals surface area contributed by atoms with Crippen molar-refractivity contribution >= 4 is 17.3 Å². The number of ether oxygens (including phenoxy) is 1. The van der Waals surface area contributed by atoms with Crippen molar-refractivity contribution in [2.75, 3.05) is 62.8 Å². The molecule has 10 heteroatoms. The highest BCUT2D eigenvalue weighted by Crippen LogP contribution is 2.25. The van der Waals surface area contributed by atoms with E-state index in [1.807, 2.05) is 13.0 Å². The number of aliphatic hydroxyl groups excluding tert-OH is 1. The minimum Gasteiger partial charge on any atom is -0.394 e. The van der Waals surface area contributed by atoms with E-state index >= 15 is 0 Å². The van der Waals surface area contributed by atoms with Gasteiger partial charge in [-0.2, -0.15) is 4.98 Å². The van der Waals surface area contributed by atoms with Gasteiger partial charge in [0.1, 0.15) is 18.0 Å². The standard InChI is InChI=1S/C23H28F2N6O2/c1-17-10-20(27-23-26-16-31(28-23)22-13-18(24)12-19(25)14-22)15-21(11-17)30-4-2-29(3-5-30)6-8-33-9-7-32/h10-16,32H,2-9H2,1H3,(H,27,28). The summed E-state index contributed by atoms with van der Waals surface area (Å²) in [5.41, 5.74) is 3.31. The van der Waals surface area contributed by atoms with Crippen LogP contribution in [0.25, 0.3) is 5.69 Å². The van der Waals surface area contributed by atoms with Crippen molar-refractivity contribution < 1.29 is 18.6 Å². The van der Waals surface area contributed by atoms with Crippen molar-refractivity contribution in [1.29, 1.82) is 0 Å². The molecule has 33 heavy (non-hydrogen) atoms. The molecule has 4 rings (SSSR count). The molecule has 0 amide bonds. The van der Waals surface area contributed by atoms with Crippen molar-refractivity contribution in [3.05, 3.63) is 59.9 Å². The number of aromatic nitrogens is 3. The van der Waals surface area contributed by atoms with Crippen LogP contribution in [0, 0.1) is 18.6 Å². The number of rotatable bonds is 9. The van der Waals surface area contributed by atoms with E-state index in [0.717, 1.165) is 55.7 Å². The van der Waals surface area contributed by atoms with Crippen molar-refractivity contribution in [3.63, 3.8) is 0 Å². The molecule has 0 radical (unpaired) electrons. The van der Waals surface area contributed by atoms with Crippen LogP contribution in [0.3, 0.4) is 0 Å². The fraction of sp³-hybridized carbons (Fsp3) is 0.391. The molecular weight excluding hydrogens is 430 g/mol. The van der Waals surface area contributed by atoms with Crippen LogP contribution in [0.2, 0.25) is 0 Å². The highest BCUT2D eigenvalue weighted by Gasteiger charge is 2.18. The Labute approximate surface area is 191 Å². The lowest BCUT2D eigenvalue weighted by atomic mass is 10.1. The number of anilines is 3. The summed E-state index contributed by atoms with van der Waals surface area (Å²) in [5, 5.41) is 16.3. The topological polar surface area (TPSA) is 78.7 Å². The minimum atomic E-state index is -0.670. The highest BCUT2D eigenvalue weighted by atomic mass is 19.1. The summed E-state index contributed by atoms with van der Waals surface area (Å²) < 4.78 is 33.7. The van der Waals surface area contributed by atoms with Gasteiger partial charge in [-0.3, -0.25) is 4.90 Å². The molecule has 1 fully saturated rings. The molecule has 0 aliphatic carbocycles. The molecule has 2 aromatic carbocycles. The van der Waals surface area contributed by atoms with Gasteiger partial charge >= 0.3 is 0 Å². The van der Waals surface area contributed by atoms with Crippen molar-refractivity contribution in [2.24, 2.45) is 0 Å². The Balaban J connectivity index is 1.39. The molecule has 0 spiro atoms. The zero-order valence-electron chi connectivity index (χ0n) is 18.5. The summed E-state index contributed by atoms with van der Waals surface area (Å²) in [6.45, 7) is 7.64. The molecule has 3 aromatic rings. The first-order valence-electron chi connectivity index (χ1n) is 10.9. The Kier molecular flexibility index (Phi) is 7.48. The largest absolute Gasteiger partial charge is 0.394 e. The normalized spacial score (nSPS) is 14.6. The van der Waals surface area contributed by atoms with Gasteiger partial charge in [-0.1, -0.05) is 0 Å². The van der Waals surface area contributed by atoms with Crippen LogP contribution < -0.4 is 10.2 Å². The van der Waals surface area contributed by atoms with Crippen molar-refractivity contribution in [2.45, 2.75) is 6.92 Å². The maximum Gasteiger partial charge on any atom is 0.246 e. The van der Waals surface area contributed by atoms with E-state index in [9.17, 15) is 8.78 Å². The number of halogens is 2. The predicted octanol–water partition coefficient (Wildman–Crippen LogP) is 2.73. The molecule has 176 valence electrons. The van der Waals surface area contributed by atoms with Crippen LogP contribution in [-0.4, -0.2) is 77.3 Å². The second-order valence-corrected chi connectivity index (χ2v) is 7.99. The lowest BCUT2D eigenvalue weighted by molar-refractivity contribution is 0.0724. The Morgan fingerprint density at radius 3 is 2.45 bits per heavy atom. The third-order valence-electron chi connectivity index (χ3n) is 5.45.